The van der Waals surface area contributed by atoms with Gasteiger partial charge in [0.2, 0.25) is 11.4 Å². The van der Waals surface area contributed by atoms with Crippen molar-refractivity contribution in [3.05, 3.63) is 46.9 Å². The minimum atomic E-state index is -0.424. The maximum Gasteiger partial charge on any atom is 0.225 e. The fourth-order valence-electron chi connectivity index (χ4n) is 2.16. The summed E-state index contributed by atoms with van der Waals surface area (Å²) in [6.45, 7) is 6.91. The van der Waals surface area contributed by atoms with Crippen molar-refractivity contribution in [1.82, 2.24) is 9.97 Å². The van der Waals surface area contributed by atoms with Crippen molar-refractivity contribution >= 4 is 5.95 Å². The Morgan fingerprint density at radius 2 is 1.74 bits per heavy atom. The zero-order valence-corrected chi connectivity index (χ0v) is 13.4. The number of hydrogen-bond donors (Lipinski definition) is 1. The Hall–Kier alpha value is -2.47. The Bertz CT molecular complexity index is 683. The van der Waals surface area contributed by atoms with Crippen molar-refractivity contribution in [2.24, 2.45) is 0 Å². The van der Waals surface area contributed by atoms with Crippen molar-refractivity contribution in [3.63, 3.8) is 0 Å². The lowest BCUT2D eigenvalue weighted by Gasteiger charge is -2.26. The predicted octanol–water partition coefficient (Wildman–Crippen LogP) is 2.07. The molecule has 23 heavy (non-hydrogen) atoms. The number of ether oxygens (including phenoxy) is 1. The average molecular weight is 315 g/mol. The van der Waals surface area contributed by atoms with Gasteiger partial charge in [-0.05, 0) is 17.7 Å². The molecule has 0 atom stereocenters. The van der Waals surface area contributed by atoms with Crippen LogP contribution < -0.4 is 10.3 Å². The van der Waals surface area contributed by atoms with Crippen LogP contribution >= 0.6 is 0 Å². The van der Waals surface area contributed by atoms with Gasteiger partial charge in [0.15, 0.2) is 5.75 Å². The van der Waals surface area contributed by atoms with Crippen LogP contribution in [0.5, 0.6) is 5.75 Å². The zero-order valence-electron chi connectivity index (χ0n) is 13.4. The van der Waals surface area contributed by atoms with Gasteiger partial charge in [0, 0.05) is 31.0 Å². The Morgan fingerprint density at radius 3 is 2.39 bits per heavy atom. The molecule has 6 nitrogen and oxygen atoms in total. The van der Waals surface area contributed by atoms with Crippen LogP contribution in [0.25, 0.3) is 11.1 Å². The Morgan fingerprint density at radius 1 is 1.09 bits per heavy atom. The summed E-state index contributed by atoms with van der Waals surface area (Å²) in [6.07, 6.45) is 3.37. The largest absolute Gasteiger partial charge is 0.504 e. The molecule has 2 aromatic rings. The van der Waals surface area contributed by atoms with Crippen molar-refractivity contribution in [2.45, 2.75) is 13.8 Å². The summed E-state index contributed by atoms with van der Waals surface area (Å²) in [6, 6.07) is 6.12. The number of morpholine rings is 1. The molecule has 1 aliphatic heterocycles. The summed E-state index contributed by atoms with van der Waals surface area (Å²) in [4.78, 5) is 22.4. The Labute approximate surface area is 135 Å². The van der Waals surface area contributed by atoms with Gasteiger partial charge in [-0.25, -0.2) is 9.97 Å². The van der Waals surface area contributed by atoms with E-state index in [-0.39, 0.29) is 5.75 Å². The van der Waals surface area contributed by atoms with Crippen LogP contribution in [0, 0.1) is 0 Å². The molecular formula is C17H21N3O3. The van der Waals surface area contributed by atoms with Crippen LogP contribution in [0.15, 0.2) is 41.5 Å². The summed E-state index contributed by atoms with van der Waals surface area (Å²) in [5, 5.41) is 9.40. The van der Waals surface area contributed by atoms with Gasteiger partial charge in [-0.15, -0.1) is 0 Å². The van der Waals surface area contributed by atoms with Crippen molar-refractivity contribution in [1.29, 1.82) is 0 Å². The Kier molecular flexibility index (Phi) is 6.05. The lowest BCUT2D eigenvalue weighted by atomic mass is 10.1. The molecule has 0 bridgehead atoms. The molecule has 6 heteroatoms. The molecule has 1 aromatic carbocycles. The highest BCUT2D eigenvalue weighted by Gasteiger charge is 2.13. The first kappa shape index (κ1) is 16.9. The molecule has 0 radical (unpaired) electrons. The summed E-state index contributed by atoms with van der Waals surface area (Å²) in [5.41, 5.74) is 0.987. The van der Waals surface area contributed by atoms with Gasteiger partial charge in [0.25, 0.3) is 0 Å². The number of rotatable bonds is 2. The van der Waals surface area contributed by atoms with E-state index >= 15 is 0 Å². The van der Waals surface area contributed by atoms with Crippen LogP contribution in [0.3, 0.4) is 0 Å². The first-order chi connectivity index (χ1) is 11.2. The second kappa shape index (κ2) is 8.24. The summed E-state index contributed by atoms with van der Waals surface area (Å²) in [5.74, 6) is 0.389. The lowest BCUT2D eigenvalue weighted by molar-refractivity contribution is 0.122. The maximum absolute atomic E-state index is 11.6. The topological polar surface area (TPSA) is 75.6 Å². The molecule has 1 N–H and O–H groups in total. The van der Waals surface area contributed by atoms with Crippen LogP contribution in [0.2, 0.25) is 0 Å². The smallest absolute Gasteiger partial charge is 0.225 e. The lowest BCUT2D eigenvalue weighted by Crippen LogP contribution is -2.37. The second-order valence-electron chi connectivity index (χ2n) is 4.75. The van der Waals surface area contributed by atoms with E-state index < -0.39 is 5.43 Å². The molecule has 122 valence electrons. The first-order valence-electron chi connectivity index (χ1n) is 7.72. The van der Waals surface area contributed by atoms with Crippen LogP contribution in [-0.2, 0) is 4.74 Å². The summed E-state index contributed by atoms with van der Waals surface area (Å²) < 4.78 is 5.29. The second-order valence-corrected chi connectivity index (χ2v) is 4.75. The van der Waals surface area contributed by atoms with Crippen LogP contribution in [-0.4, -0.2) is 41.4 Å². The van der Waals surface area contributed by atoms with Crippen molar-refractivity contribution < 1.29 is 9.84 Å². The quantitative estimate of drug-likeness (QED) is 0.914. The normalized spacial score (nSPS) is 13.9. The van der Waals surface area contributed by atoms with Crippen LogP contribution in [0.4, 0.5) is 5.95 Å². The van der Waals surface area contributed by atoms with Gasteiger partial charge in [-0.1, -0.05) is 26.0 Å². The third-order valence-corrected chi connectivity index (χ3v) is 3.33. The molecule has 0 aliphatic carbocycles. The third kappa shape index (κ3) is 4.26. The van der Waals surface area contributed by atoms with Gasteiger partial charge in [0.05, 0.1) is 13.2 Å². The number of aromatic hydroxyl groups is 1. The molecule has 1 saturated heterocycles. The summed E-state index contributed by atoms with van der Waals surface area (Å²) in [7, 11) is 0. The van der Waals surface area contributed by atoms with Crippen molar-refractivity contribution in [2.75, 3.05) is 31.2 Å². The number of hydrogen-bond acceptors (Lipinski definition) is 6. The third-order valence-electron chi connectivity index (χ3n) is 3.33. The highest BCUT2D eigenvalue weighted by molar-refractivity contribution is 5.62. The molecular weight excluding hydrogens is 294 g/mol. The minimum Gasteiger partial charge on any atom is -0.504 e. The molecule has 2 heterocycles. The zero-order chi connectivity index (χ0) is 16.7. The van der Waals surface area contributed by atoms with E-state index in [1.807, 2.05) is 13.8 Å². The molecule has 0 spiro atoms. The van der Waals surface area contributed by atoms with Gasteiger partial charge in [-0.3, -0.25) is 4.79 Å². The van der Waals surface area contributed by atoms with E-state index in [1.165, 1.54) is 12.1 Å². The SMILES string of the molecule is CC.O=c1cc(-c2cnc(N3CCOCC3)nc2)cccc1O. The maximum atomic E-state index is 11.6. The van der Waals surface area contributed by atoms with Gasteiger partial charge in [0.1, 0.15) is 0 Å². The van der Waals surface area contributed by atoms with Gasteiger partial charge in [-0.2, -0.15) is 0 Å². The molecule has 0 saturated carbocycles. The summed E-state index contributed by atoms with van der Waals surface area (Å²) >= 11 is 0. The average Bonchev–Trinajstić information content (AvgIpc) is 2.79. The van der Waals surface area contributed by atoms with Gasteiger partial charge >= 0.3 is 0 Å². The molecule has 0 unspecified atom stereocenters. The van der Waals surface area contributed by atoms with E-state index in [0.29, 0.717) is 24.7 Å². The van der Waals surface area contributed by atoms with E-state index in [9.17, 15) is 9.90 Å². The van der Waals surface area contributed by atoms with Crippen LogP contribution in [0.1, 0.15) is 13.8 Å². The monoisotopic (exact) mass is 315 g/mol. The van der Waals surface area contributed by atoms with Gasteiger partial charge < -0.3 is 14.7 Å². The number of anilines is 1. The first-order valence-corrected chi connectivity index (χ1v) is 7.72. The highest BCUT2D eigenvalue weighted by Crippen LogP contribution is 2.18. The Balaban J connectivity index is 0.000000924. The molecule has 1 aromatic heterocycles. The van der Waals surface area contributed by atoms with E-state index in [2.05, 4.69) is 14.9 Å². The minimum absolute atomic E-state index is 0.271. The molecule has 0 amide bonds. The van der Waals surface area contributed by atoms with Crippen molar-refractivity contribution in [3.8, 4) is 16.9 Å². The standard InChI is InChI=1S/C15H15N3O3.C2H6/c19-13-3-1-2-11(8-14(13)20)12-9-16-15(17-10-12)18-4-6-21-7-5-18;1-2/h1-3,8-10H,4-7H2,(H,19,20);1-2H3. The van der Waals surface area contributed by atoms with E-state index in [0.717, 1.165) is 18.7 Å². The van der Waals surface area contributed by atoms with E-state index in [1.54, 1.807) is 24.5 Å². The molecule has 1 fully saturated rings. The fourth-order valence-corrected chi connectivity index (χ4v) is 2.16. The predicted molar refractivity (Wildman–Crippen MR) is 89.8 cm³/mol. The highest BCUT2D eigenvalue weighted by atomic mass is 16.5. The number of nitrogens with zero attached hydrogens (tertiary/aromatic N) is 3. The molecule has 1 aliphatic rings. The molecule has 3 rings (SSSR count). The fraction of sp³-hybridized carbons (Fsp3) is 0.353. The van der Waals surface area contributed by atoms with E-state index in [4.69, 9.17) is 4.74 Å². The number of aromatic nitrogens is 2.